The maximum atomic E-state index is 11.3. The number of hydrogen-bond acceptors (Lipinski definition) is 1. The van der Waals surface area contributed by atoms with Crippen molar-refractivity contribution in [2.45, 2.75) is 96.6 Å². The second-order valence-corrected chi connectivity index (χ2v) is 6.93. The van der Waals surface area contributed by atoms with E-state index in [-0.39, 0.29) is 5.66 Å². The fourth-order valence-electron chi connectivity index (χ4n) is 2.38. The summed E-state index contributed by atoms with van der Waals surface area (Å²) in [6, 6.07) is 0. The molecule has 1 atom stereocenters. The van der Waals surface area contributed by atoms with Crippen LogP contribution >= 0.6 is 8.03 Å². The van der Waals surface area contributed by atoms with Crippen molar-refractivity contribution >= 4 is 8.03 Å². The molecule has 0 aliphatic heterocycles. The molecule has 110 valence electrons. The summed E-state index contributed by atoms with van der Waals surface area (Å²) in [5.41, 5.74) is 0.0956. The lowest BCUT2D eigenvalue weighted by molar-refractivity contribution is 0.462. The molecule has 0 rings (SSSR count). The summed E-state index contributed by atoms with van der Waals surface area (Å²) in [7, 11) is -2.31. The molecule has 0 spiro atoms. The van der Waals surface area contributed by atoms with Gasteiger partial charge in [-0.15, -0.1) is 0 Å². The Bertz CT molecular complexity index is 181. The molecule has 0 saturated heterocycles. The molecule has 0 aliphatic rings. The summed E-state index contributed by atoms with van der Waals surface area (Å²) in [4.78, 5) is 9.36. The van der Waals surface area contributed by atoms with Gasteiger partial charge in [-0.3, -0.25) is 4.57 Å². The summed E-state index contributed by atoms with van der Waals surface area (Å²) in [6.07, 6.45) is 14.4. The van der Waals surface area contributed by atoms with Crippen LogP contribution in [0.3, 0.4) is 0 Å². The Kier molecular flexibility index (Phi) is 13.8. The largest absolute Gasteiger partial charge is 0.346 e. The van der Waals surface area contributed by atoms with E-state index in [0.29, 0.717) is 0 Å². The SMILES string of the molecule is CCCCCCCC(CCCCCCC)[PH](=O)O. The number of unbranched alkanes of at least 4 members (excludes halogenated alkanes) is 8. The molecule has 18 heavy (non-hydrogen) atoms. The lowest BCUT2D eigenvalue weighted by Crippen LogP contribution is -2.02. The van der Waals surface area contributed by atoms with Crippen molar-refractivity contribution in [3.63, 3.8) is 0 Å². The standard InChI is InChI=1S/C15H33O2P/c1-3-5-7-9-11-13-15(18(16)17)14-12-10-8-6-4-2/h15,18H,3-14H2,1-2H3,(H,16,17). The first kappa shape index (κ1) is 18.2. The van der Waals surface area contributed by atoms with Crippen molar-refractivity contribution in [3.8, 4) is 0 Å². The van der Waals surface area contributed by atoms with E-state index in [1.54, 1.807) is 0 Å². The number of hydrogen-bond donors (Lipinski definition) is 1. The Morgan fingerprint density at radius 3 is 1.50 bits per heavy atom. The predicted molar refractivity (Wildman–Crippen MR) is 81.8 cm³/mol. The monoisotopic (exact) mass is 276 g/mol. The van der Waals surface area contributed by atoms with Crippen molar-refractivity contribution in [1.82, 2.24) is 0 Å². The van der Waals surface area contributed by atoms with Gasteiger partial charge in [-0.05, 0) is 12.8 Å². The van der Waals surface area contributed by atoms with E-state index in [1.165, 1.54) is 51.4 Å². The van der Waals surface area contributed by atoms with Crippen LogP contribution in [-0.2, 0) is 4.57 Å². The third-order valence-electron chi connectivity index (χ3n) is 3.66. The maximum Gasteiger partial charge on any atom is 0.192 e. The molecule has 1 N–H and O–H groups in total. The Hall–Kier alpha value is 0.190. The van der Waals surface area contributed by atoms with Gasteiger partial charge in [-0.25, -0.2) is 0 Å². The molecule has 0 fully saturated rings. The maximum absolute atomic E-state index is 11.3. The van der Waals surface area contributed by atoms with Gasteiger partial charge < -0.3 is 4.89 Å². The second-order valence-electron chi connectivity index (χ2n) is 5.44. The topological polar surface area (TPSA) is 37.3 Å². The van der Waals surface area contributed by atoms with Crippen molar-refractivity contribution in [1.29, 1.82) is 0 Å². The zero-order chi connectivity index (χ0) is 13.6. The Labute approximate surface area is 114 Å². The van der Waals surface area contributed by atoms with Crippen LogP contribution in [0.25, 0.3) is 0 Å². The van der Waals surface area contributed by atoms with Gasteiger partial charge in [0, 0.05) is 5.66 Å². The minimum atomic E-state index is -2.31. The molecule has 2 nitrogen and oxygen atoms in total. The third-order valence-corrected chi connectivity index (χ3v) is 4.94. The molecular weight excluding hydrogens is 243 g/mol. The van der Waals surface area contributed by atoms with E-state index in [4.69, 9.17) is 0 Å². The highest BCUT2D eigenvalue weighted by molar-refractivity contribution is 7.38. The Morgan fingerprint density at radius 1 is 0.778 bits per heavy atom. The van der Waals surface area contributed by atoms with Crippen molar-refractivity contribution in [3.05, 3.63) is 0 Å². The molecule has 0 aromatic rings. The lowest BCUT2D eigenvalue weighted by Gasteiger charge is -2.13. The average molecular weight is 276 g/mol. The molecule has 0 aliphatic carbocycles. The first-order valence-electron chi connectivity index (χ1n) is 7.95. The fraction of sp³-hybridized carbons (Fsp3) is 1.00. The molecule has 0 heterocycles. The third kappa shape index (κ3) is 11.3. The van der Waals surface area contributed by atoms with Crippen LogP contribution in [0, 0.1) is 0 Å². The minimum absolute atomic E-state index is 0.0956. The average Bonchev–Trinajstić information content (AvgIpc) is 2.35. The zero-order valence-electron chi connectivity index (χ0n) is 12.4. The smallest absolute Gasteiger partial charge is 0.192 e. The minimum Gasteiger partial charge on any atom is -0.346 e. The molecule has 0 aromatic carbocycles. The second kappa shape index (κ2) is 13.6. The van der Waals surface area contributed by atoms with Crippen molar-refractivity contribution in [2.75, 3.05) is 0 Å². The van der Waals surface area contributed by atoms with Crippen LogP contribution in [-0.4, -0.2) is 10.6 Å². The Balaban J connectivity index is 3.56. The lowest BCUT2D eigenvalue weighted by atomic mass is 10.0. The molecule has 3 heteroatoms. The summed E-state index contributed by atoms with van der Waals surface area (Å²) in [5, 5.41) is 0. The van der Waals surface area contributed by atoms with Crippen LogP contribution in [0.2, 0.25) is 0 Å². The van der Waals surface area contributed by atoms with Crippen molar-refractivity contribution < 1.29 is 9.46 Å². The first-order valence-corrected chi connectivity index (χ1v) is 9.38. The van der Waals surface area contributed by atoms with Crippen LogP contribution in [0.5, 0.6) is 0 Å². The van der Waals surface area contributed by atoms with E-state index < -0.39 is 8.03 Å². The van der Waals surface area contributed by atoms with Gasteiger partial charge in [0.15, 0.2) is 8.03 Å². The van der Waals surface area contributed by atoms with Crippen LogP contribution in [0.1, 0.15) is 90.9 Å². The quantitative estimate of drug-likeness (QED) is 0.354. The highest BCUT2D eigenvalue weighted by Crippen LogP contribution is 2.31. The van der Waals surface area contributed by atoms with Crippen LogP contribution in [0.4, 0.5) is 0 Å². The van der Waals surface area contributed by atoms with Gasteiger partial charge in [0.1, 0.15) is 0 Å². The van der Waals surface area contributed by atoms with Crippen LogP contribution in [0.15, 0.2) is 0 Å². The summed E-state index contributed by atoms with van der Waals surface area (Å²) < 4.78 is 11.3. The summed E-state index contributed by atoms with van der Waals surface area (Å²) >= 11 is 0. The summed E-state index contributed by atoms with van der Waals surface area (Å²) in [5.74, 6) is 0. The first-order chi connectivity index (χ1) is 8.72. The molecule has 0 saturated carbocycles. The zero-order valence-corrected chi connectivity index (χ0v) is 13.4. The molecule has 0 amide bonds. The molecule has 0 radical (unpaired) electrons. The summed E-state index contributed by atoms with van der Waals surface area (Å²) in [6.45, 7) is 4.43. The molecular formula is C15H33O2P. The normalized spacial score (nSPS) is 13.1. The fourth-order valence-corrected chi connectivity index (χ4v) is 3.28. The van der Waals surface area contributed by atoms with Gasteiger partial charge in [0.25, 0.3) is 0 Å². The highest BCUT2D eigenvalue weighted by atomic mass is 31.1. The van der Waals surface area contributed by atoms with Gasteiger partial charge in [0.05, 0.1) is 0 Å². The molecule has 1 unspecified atom stereocenters. The van der Waals surface area contributed by atoms with E-state index in [0.717, 1.165) is 25.7 Å². The van der Waals surface area contributed by atoms with E-state index in [9.17, 15) is 9.46 Å². The van der Waals surface area contributed by atoms with Crippen LogP contribution < -0.4 is 0 Å². The highest BCUT2D eigenvalue weighted by Gasteiger charge is 2.13. The van der Waals surface area contributed by atoms with E-state index >= 15 is 0 Å². The van der Waals surface area contributed by atoms with Gasteiger partial charge in [0.2, 0.25) is 0 Å². The van der Waals surface area contributed by atoms with Crippen molar-refractivity contribution in [2.24, 2.45) is 0 Å². The molecule has 0 aromatic heterocycles. The predicted octanol–water partition coefficient (Wildman–Crippen LogP) is 5.54. The van der Waals surface area contributed by atoms with Gasteiger partial charge >= 0.3 is 0 Å². The van der Waals surface area contributed by atoms with Gasteiger partial charge in [-0.1, -0.05) is 78.1 Å². The number of rotatable bonds is 13. The van der Waals surface area contributed by atoms with E-state index in [2.05, 4.69) is 13.8 Å². The molecule has 0 bridgehead atoms. The van der Waals surface area contributed by atoms with E-state index in [1.807, 2.05) is 0 Å². The van der Waals surface area contributed by atoms with Gasteiger partial charge in [-0.2, -0.15) is 0 Å². The Morgan fingerprint density at radius 2 is 1.17 bits per heavy atom.